The zero-order chi connectivity index (χ0) is 11.0. The molecular weight excluding hydrogens is 194 g/mol. The fourth-order valence-corrected chi connectivity index (χ4v) is 1.60. The van der Waals surface area contributed by atoms with Gasteiger partial charge in [0, 0.05) is 5.69 Å². The molecule has 3 N–H and O–H groups in total. The van der Waals surface area contributed by atoms with Gasteiger partial charge in [0.2, 0.25) is 0 Å². The SMILES string of the molecule is Cc1cc(N)ccc1N1C(=O)CNC1=O. The molecule has 1 aromatic carbocycles. The highest BCUT2D eigenvalue weighted by atomic mass is 16.2. The molecule has 3 amide bonds. The monoisotopic (exact) mass is 205 g/mol. The molecule has 1 heterocycles. The first-order valence-corrected chi connectivity index (χ1v) is 4.56. The van der Waals surface area contributed by atoms with Gasteiger partial charge in [0.25, 0.3) is 5.91 Å². The molecule has 0 saturated carbocycles. The molecule has 2 rings (SSSR count). The molecule has 78 valence electrons. The highest BCUT2D eigenvalue weighted by Crippen LogP contribution is 2.23. The lowest BCUT2D eigenvalue weighted by Gasteiger charge is -2.15. The van der Waals surface area contributed by atoms with Crippen molar-refractivity contribution >= 4 is 23.3 Å². The minimum atomic E-state index is -0.382. The van der Waals surface area contributed by atoms with Gasteiger partial charge in [-0.25, -0.2) is 9.69 Å². The Labute approximate surface area is 86.9 Å². The maximum atomic E-state index is 11.4. The van der Waals surface area contributed by atoms with Crippen molar-refractivity contribution in [3.8, 4) is 0 Å². The standard InChI is InChI=1S/C10H11N3O2/c1-6-4-7(11)2-3-8(6)13-9(14)5-12-10(13)15/h2-4H,5,11H2,1H3,(H,12,15). The van der Waals surface area contributed by atoms with E-state index in [0.717, 1.165) is 10.5 Å². The quantitative estimate of drug-likeness (QED) is 0.521. The number of hydrogen-bond acceptors (Lipinski definition) is 3. The van der Waals surface area contributed by atoms with Crippen LogP contribution < -0.4 is 16.0 Å². The van der Waals surface area contributed by atoms with E-state index in [0.29, 0.717) is 11.4 Å². The van der Waals surface area contributed by atoms with Crippen LogP contribution in [0.3, 0.4) is 0 Å². The van der Waals surface area contributed by atoms with Crippen LogP contribution in [0.1, 0.15) is 5.56 Å². The van der Waals surface area contributed by atoms with Crippen LogP contribution in [0, 0.1) is 6.92 Å². The Hall–Kier alpha value is -2.04. The normalized spacial score (nSPS) is 15.7. The van der Waals surface area contributed by atoms with Crippen LogP contribution in [0.15, 0.2) is 18.2 Å². The minimum absolute atomic E-state index is 0.0582. The highest BCUT2D eigenvalue weighted by Gasteiger charge is 2.30. The molecule has 0 aliphatic carbocycles. The largest absolute Gasteiger partial charge is 0.399 e. The van der Waals surface area contributed by atoms with Crippen LogP contribution in [-0.4, -0.2) is 18.5 Å². The predicted octanol–water partition coefficient (Wildman–Crippen LogP) is 0.633. The first kappa shape index (κ1) is 9.51. The zero-order valence-corrected chi connectivity index (χ0v) is 8.28. The number of amides is 3. The third-order valence-corrected chi connectivity index (χ3v) is 2.31. The van der Waals surface area contributed by atoms with Gasteiger partial charge in [0.05, 0.1) is 12.2 Å². The molecule has 1 aromatic rings. The van der Waals surface area contributed by atoms with Gasteiger partial charge < -0.3 is 11.1 Å². The van der Waals surface area contributed by atoms with Gasteiger partial charge in [-0.2, -0.15) is 0 Å². The van der Waals surface area contributed by atoms with Crippen LogP contribution in [-0.2, 0) is 4.79 Å². The summed E-state index contributed by atoms with van der Waals surface area (Å²) in [6.45, 7) is 1.87. The summed E-state index contributed by atoms with van der Waals surface area (Å²) in [5, 5.41) is 2.47. The fourth-order valence-electron chi connectivity index (χ4n) is 1.60. The molecule has 0 spiro atoms. The summed E-state index contributed by atoms with van der Waals surface area (Å²) in [7, 11) is 0. The molecule has 5 heteroatoms. The van der Waals surface area contributed by atoms with E-state index in [2.05, 4.69) is 5.32 Å². The Morgan fingerprint density at radius 3 is 2.67 bits per heavy atom. The minimum Gasteiger partial charge on any atom is -0.399 e. The molecule has 1 aliphatic heterocycles. The summed E-state index contributed by atoms with van der Waals surface area (Å²) < 4.78 is 0. The van der Waals surface area contributed by atoms with Crippen LogP contribution in [0.4, 0.5) is 16.2 Å². The molecule has 0 bridgehead atoms. The topological polar surface area (TPSA) is 75.4 Å². The molecular formula is C10H11N3O2. The predicted molar refractivity (Wildman–Crippen MR) is 56.5 cm³/mol. The van der Waals surface area contributed by atoms with Gasteiger partial charge in [-0.3, -0.25) is 4.79 Å². The Bertz CT molecular complexity index is 426. The van der Waals surface area contributed by atoms with Crippen LogP contribution in [0.5, 0.6) is 0 Å². The van der Waals surface area contributed by atoms with E-state index in [1.54, 1.807) is 18.2 Å². The van der Waals surface area contributed by atoms with Gasteiger partial charge in [0.15, 0.2) is 0 Å². The number of urea groups is 1. The molecule has 0 unspecified atom stereocenters. The van der Waals surface area contributed by atoms with Crippen molar-refractivity contribution in [1.29, 1.82) is 0 Å². The van der Waals surface area contributed by atoms with Crippen molar-refractivity contribution in [3.05, 3.63) is 23.8 Å². The van der Waals surface area contributed by atoms with Crippen molar-refractivity contribution in [2.24, 2.45) is 0 Å². The third-order valence-electron chi connectivity index (χ3n) is 2.31. The number of nitrogens with two attached hydrogens (primary N) is 1. The van der Waals surface area contributed by atoms with Crippen molar-refractivity contribution in [1.82, 2.24) is 5.32 Å². The number of carbonyl (C=O) groups is 2. The molecule has 0 radical (unpaired) electrons. The highest BCUT2D eigenvalue weighted by molar-refractivity contribution is 6.20. The number of benzene rings is 1. The molecule has 15 heavy (non-hydrogen) atoms. The first-order valence-electron chi connectivity index (χ1n) is 4.56. The van der Waals surface area contributed by atoms with Crippen LogP contribution >= 0.6 is 0 Å². The maximum Gasteiger partial charge on any atom is 0.329 e. The fraction of sp³-hybridized carbons (Fsp3) is 0.200. The molecule has 1 fully saturated rings. The number of nitrogen functional groups attached to an aromatic ring is 1. The summed E-state index contributed by atoms with van der Waals surface area (Å²) in [6, 6.07) is 4.69. The number of nitrogens with zero attached hydrogens (tertiary/aromatic N) is 1. The Balaban J connectivity index is 2.45. The Kier molecular flexibility index (Phi) is 2.07. The summed E-state index contributed by atoms with van der Waals surface area (Å²) in [5.74, 6) is -0.243. The number of carbonyl (C=O) groups excluding carboxylic acids is 2. The molecule has 5 nitrogen and oxygen atoms in total. The molecule has 0 atom stereocenters. The van der Waals surface area contributed by atoms with Crippen molar-refractivity contribution < 1.29 is 9.59 Å². The average Bonchev–Trinajstić information content (AvgIpc) is 2.48. The lowest BCUT2D eigenvalue weighted by atomic mass is 10.1. The number of anilines is 2. The number of nitrogens with one attached hydrogen (secondary N) is 1. The Morgan fingerprint density at radius 2 is 2.13 bits per heavy atom. The van der Waals surface area contributed by atoms with Gasteiger partial charge in [-0.15, -0.1) is 0 Å². The van der Waals surface area contributed by atoms with Crippen molar-refractivity contribution in [2.45, 2.75) is 6.92 Å². The van der Waals surface area contributed by atoms with Crippen molar-refractivity contribution in [2.75, 3.05) is 17.2 Å². The molecule has 1 aliphatic rings. The number of imide groups is 1. The lowest BCUT2D eigenvalue weighted by molar-refractivity contribution is -0.115. The summed E-state index contributed by atoms with van der Waals surface area (Å²) in [5.41, 5.74) is 7.60. The van der Waals surface area contributed by atoms with Crippen LogP contribution in [0.2, 0.25) is 0 Å². The maximum absolute atomic E-state index is 11.4. The van der Waals surface area contributed by atoms with E-state index in [9.17, 15) is 9.59 Å². The molecule has 1 saturated heterocycles. The zero-order valence-electron chi connectivity index (χ0n) is 8.28. The summed E-state index contributed by atoms with van der Waals surface area (Å²) >= 11 is 0. The van der Waals surface area contributed by atoms with Gasteiger partial charge in [-0.05, 0) is 30.7 Å². The summed E-state index contributed by atoms with van der Waals surface area (Å²) in [4.78, 5) is 24.0. The Morgan fingerprint density at radius 1 is 1.40 bits per heavy atom. The second-order valence-corrected chi connectivity index (χ2v) is 3.43. The van der Waals surface area contributed by atoms with Crippen LogP contribution in [0.25, 0.3) is 0 Å². The second kappa shape index (κ2) is 3.27. The van der Waals surface area contributed by atoms with E-state index in [1.807, 2.05) is 6.92 Å². The smallest absolute Gasteiger partial charge is 0.329 e. The van der Waals surface area contributed by atoms with E-state index < -0.39 is 0 Å². The first-order chi connectivity index (χ1) is 7.09. The molecule has 0 aromatic heterocycles. The number of aryl methyl sites for hydroxylation is 1. The lowest BCUT2D eigenvalue weighted by Crippen LogP contribution is -2.31. The van der Waals surface area contributed by atoms with E-state index >= 15 is 0 Å². The van der Waals surface area contributed by atoms with E-state index in [-0.39, 0.29) is 18.5 Å². The second-order valence-electron chi connectivity index (χ2n) is 3.43. The average molecular weight is 205 g/mol. The van der Waals surface area contributed by atoms with Gasteiger partial charge >= 0.3 is 6.03 Å². The van der Waals surface area contributed by atoms with E-state index in [1.165, 1.54) is 0 Å². The van der Waals surface area contributed by atoms with Crippen molar-refractivity contribution in [3.63, 3.8) is 0 Å². The third kappa shape index (κ3) is 1.52. The van der Waals surface area contributed by atoms with Gasteiger partial charge in [0.1, 0.15) is 0 Å². The number of rotatable bonds is 1. The summed E-state index contributed by atoms with van der Waals surface area (Å²) in [6.07, 6.45) is 0. The van der Waals surface area contributed by atoms with E-state index in [4.69, 9.17) is 5.73 Å². The number of hydrogen-bond donors (Lipinski definition) is 2. The van der Waals surface area contributed by atoms with Gasteiger partial charge in [-0.1, -0.05) is 0 Å².